The molecular formula is C59H81BIN13O15. The number of carboxylic acid groups (broad SMARTS) is 1. The van der Waals surface area contributed by atoms with Crippen molar-refractivity contribution >= 4 is 113 Å². The number of fused-ring (bicyclic) bond motifs is 1. The zero-order valence-electron chi connectivity index (χ0n) is 49.9. The number of guanidine groups is 1. The number of amides is 5. The van der Waals surface area contributed by atoms with Crippen LogP contribution in [0.1, 0.15) is 56.6 Å². The Morgan fingerprint density at radius 1 is 0.753 bits per heavy atom. The smallest absolute Gasteiger partial charge is 0.317 e. The lowest BCUT2D eigenvalue weighted by atomic mass is 9.82. The number of halogens is 1. The normalized spacial score (nSPS) is 20.5. The summed E-state index contributed by atoms with van der Waals surface area (Å²) >= 11 is 1.93. The van der Waals surface area contributed by atoms with Crippen molar-refractivity contribution in [1.82, 2.24) is 51.5 Å². The van der Waals surface area contributed by atoms with E-state index in [0.717, 1.165) is 10.8 Å². The van der Waals surface area contributed by atoms with E-state index < -0.39 is 95.3 Å². The number of hydrogen-bond donors (Lipinski definition) is 10. The van der Waals surface area contributed by atoms with Crippen molar-refractivity contribution in [1.29, 1.82) is 0 Å². The Labute approximate surface area is 531 Å². The number of ketones is 2. The first kappa shape index (κ1) is 72.1. The fourth-order valence-corrected chi connectivity index (χ4v) is 11.0. The third kappa shape index (κ3) is 25.8. The van der Waals surface area contributed by atoms with Gasteiger partial charge < -0.3 is 67.8 Å². The van der Waals surface area contributed by atoms with E-state index in [0.29, 0.717) is 47.3 Å². The molecule has 2 radical (unpaired) electrons. The molecule has 3 aromatic rings. The van der Waals surface area contributed by atoms with Crippen LogP contribution in [0.2, 0.25) is 0 Å². The van der Waals surface area contributed by atoms with Crippen LogP contribution in [-0.4, -0.2) is 239 Å². The van der Waals surface area contributed by atoms with Crippen molar-refractivity contribution in [2.45, 2.75) is 82.5 Å². The zero-order valence-corrected chi connectivity index (χ0v) is 52.1. The van der Waals surface area contributed by atoms with Crippen molar-refractivity contribution in [3.05, 3.63) is 75.4 Å². The summed E-state index contributed by atoms with van der Waals surface area (Å²) in [6, 6.07) is 12.9. The molecule has 6 atom stereocenters. The number of carbonyl (C=O) groups excluding carboxylic acids is 10. The van der Waals surface area contributed by atoms with Crippen LogP contribution in [0.25, 0.3) is 10.8 Å². The SMILES string of the molecule is [B]C(=O)CCC(NC(=O)CN1CCN(COC=O)CCN(COC=O)CCN(CC(=O)O)CC1)C(=O)CNCCC[C@@H]1C(=O)N[C@@H](CCCN=C(N)N)C(=O)N[C@@H](Cc2ccc3ccccc3c2)C(=O)NCC(=O)N[C@H](Cc2ccc(O)c(I)c2)C(=O)C1C. The number of benzene rings is 3. The molecule has 0 bridgehead atoms. The third-order valence-electron chi connectivity index (χ3n) is 15.3. The summed E-state index contributed by atoms with van der Waals surface area (Å²) in [5.74, 6) is -8.08. The summed E-state index contributed by atoms with van der Waals surface area (Å²) in [6.45, 7) is 2.91. The molecule has 2 aliphatic rings. The van der Waals surface area contributed by atoms with Gasteiger partial charge in [-0.15, -0.1) is 0 Å². The molecule has 0 aromatic heterocycles. The average Bonchev–Trinajstić information content (AvgIpc) is 3.78. The van der Waals surface area contributed by atoms with Crippen LogP contribution >= 0.6 is 22.6 Å². The monoisotopic (exact) mass is 1350 g/mol. The second-order valence-corrected chi connectivity index (χ2v) is 23.1. The molecule has 482 valence electrons. The number of nitrogens with zero attached hydrogens (tertiary/aromatic N) is 5. The number of rotatable bonds is 29. The predicted molar refractivity (Wildman–Crippen MR) is 335 cm³/mol. The zero-order chi connectivity index (χ0) is 64.8. The van der Waals surface area contributed by atoms with Gasteiger partial charge in [0.15, 0.2) is 25.4 Å². The van der Waals surface area contributed by atoms with Gasteiger partial charge in [0.1, 0.15) is 31.3 Å². The molecular weight excluding hydrogens is 1270 g/mol. The molecule has 2 unspecified atom stereocenters. The van der Waals surface area contributed by atoms with E-state index in [9.17, 15) is 63.0 Å². The van der Waals surface area contributed by atoms with Gasteiger partial charge in [0.25, 0.3) is 12.9 Å². The van der Waals surface area contributed by atoms with E-state index in [1.807, 2.05) is 65.1 Å². The molecule has 12 N–H and O–H groups in total. The first-order valence-electron chi connectivity index (χ1n) is 29.4. The van der Waals surface area contributed by atoms with Gasteiger partial charge >= 0.3 is 5.97 Å². The number of ether oxygens (including phenoxy) is 2. The van der Waals surface area contributed by atoms with Crippen molar-refractivity contribution in [3.8, 4) is 5.75 Å². The van der Waals surface area contributed by atoms with E-state index in [-0.39, 0.29) is 142 Å². The van der Waals surface area contributed by atoms with E-state index in [4.69, 9.17) is 28.8 Å². The highest BCUT2D eigenvalue weighted by Crippen LogP contribution is 2.25. The largest absolute Gasteiger partial charge is 0.507 e. The molecule has 0 spiro atoms. The minimum Gasteiger partial charge on any atom is -0.507 e. The second kappa shape index (κ2) is 38.0. The first-order chi connectivity index (χ1) is 42.6. The minimum atomic E-state index is -1.28. The molecule has 2 saturated heterocycles. The average molecular weight is 1350 g/mol. The summed E-state index contributed by atoms with van der Waals surface area (Å²) in [7, 11) is 5.50. The molecule has 3 aromatic carbocycles. The number of aliphatic imine (C=N–C) groups is 1. The third-order valence-corrected chi connectivity index (χ3v) is 16.1. The highest BCUT2D eigenvalue weighted by molar-refractivity contribution is 14.1. The van der Waals surface area contributed by atoms with Crippen molar-refractivity contribution in [3.63, 3.8) is 0 Å². The summed E-state index contributed by atoms with van der Waals surface area (Å²) < 4.78 is 10.5. The van der Waals surface area contributed by atoms with Crippen LogP contribution in [0.15, 0.2) is 65.7 Å². The Kier molecular flexibility index (Phi) is 30.8. The van der Waals surface area contributed by atoms with Crippen LogP contribution < -0.4 is 43.4 Å². The number of nitrogens with two attached hydrogens (primary N) is 2. The summed E-state index contributed by atoms with van der Waals surface area (Å²) in [5.41, 5.74) is 11.7. The molecule has 2 heterocycles. The molecule has 5 amide bonds. The molecule has 89 heavy (non-hydrogen) atoms. The quantitative estimate of drug-likeness (QED) is 0.00885. The minimum absolute atomic E-state index is 0.00220. The molecule has 0 saturated carbocycles. The number of Topliss-reactive ketones (excluding diaryl/α,β-unsaturated/α-hetero) is 2. The molecule has 0 aliphatic carbocycles. The molecule has 2 aliphatic heterocycles. The van der Waals surface area contributed by atoms with Gasteiger partial charge in [-0.3, -0.25) is 72.5 Å². The fourth-order valence-electron chi connectivity index (χ4n) is 10.4. The van der Waals surface area contributed by atoms with Gasteiger partial charge in [0, 0.05) is 77.2 Å². The van der Waals surface area contributed by atoms with Crippen molar-refractivity contribution in [2.75, 3.05) is 105 Å². The van der Waals surface area contributed by atoms with Gasteiger partial charge in [-0.05, 0) is 108 Å². The van der Waals surface area contributed by atoms with Crippen LogP contribution in [0, 0.1) is 15.4 Å². The lowest BCUT2D eigenvalue weighted by Crippen LogP contribution is -2.55. The summed E-state index contributed by atoms with van der Waals surface area (Å²) in [6.07, 6.45) is -0.124. The maximum Gasteiger partial charge on any atom is 0.317 e. The molecule has 2 fully saturated rings. The van der Waals surface area contributed by atoms with Gasteiger partial charge in [0.2, 0.25) is 29.5 Å². The lowest BCUT2D eigenvalue weighted by Gasteiger charge is -2.33. The fraction of sp³-hybridized carbons (Fsp3) is 0.525. The van der Waals surface area contributed by atoms with Crippen LogP contribution in [0.4, 0.5) is 0 Å². The van der Waals surface area contributed by atoms with E-state index in [1.54, 1.807) is 31.7 Å². The Morgan fingerprint density at radius 2 is 1.35 bits per heavy atom. The first-order valence-corrected chi connectivity index (χ1v) is 30.5. The molecule has 5 rings (SSSR count). The Bertz CT molecular complexity index is 2960. The number of carboxylic acids is 1. The van der Waals surface area contributed by atoms with E-state index >= 15 is 0 Å². The summed E-state index contributed by atoms with van der Waals surface area (Å²) in [4.78, 5) is 157. The van der Waals surface area contributed by atoms with Gasteiger partial charge in [-0.1, -0.05) is 55.5 Å². The number of hydrogen-bond acceptors (Lipinski definition) is 20. The number of nitrogens with one attached hydrogen (secondary N) is 6. The maximum atomic E-state index is 14.8. The summed E-state index contributed by atoms with van der Waals surface area (Å²) in [5, 5.41) is 38.6. The standard InChI is InChI=1S/C59H81BIN13O15/c1-38-43(8-4-16-64-30-50(78)45(13-15-51(60)79)67-53(81)32-71-18-19-72(33-54(82)83)21-23-74(35-89-37-76)25-24-73(22-20-71)34-88-36-75)56(85)69-46(9-5-17-65-59(62)63)58(87)70-48(29-39-10-12-41-6-2-3-7-42(41)26-39)57(86)66-31-52(80)68-47(55(38)84)28-40-11-14-49(77)44(61)27-40/h2-3,6-7,10-12,14,26-27,36-38,43,45-48,64,77H,4-5,8-9,13,15-25,28-35H2,1H3,(H,66,86)(H,67,81)(H,68,80)(H,69,85)(H,70,87)(H,82,83)(H4,62,63,65)/t38?,43-,45?,46-,47+,48-/m0/s1. The van der Waals surface area contributed by atoms with E-state index in [1.165, 1.54) is 13.0 Å². The van der Waals surface area contributed by atoms with Gasteiger partial charge in [-0.2, -0.15) is 0 Å². The maximum absolute atomic E-state index is 14.8. The highest BCUT2D eigenvalue weighted by atomic mass is 127. The van der Waals surface area contributed by atoms with Crippen molar-refractivity contribution in [2.24, 2.45) is 28.3 Å². The second-order valence-electron chi connectivity index (χ2n) is 22.0. The van der Waals surface area contributed by atoms with Crippen LogP contribution in [-0.2, 0) is 75.1 Å². The Morgan fingerprint density at radius 3 is 1.97 bits per heavy atom. The lowest BCUT2D eigenvalue weighted by molar-refractivity contribution is -0.139. The predicted octanol–water partition coefficient (Wildman–Crippen LogP) is -2.14. The Balaban J connectivity index is 1.35. The number of carbonyl (C=O) groups is 11. The number of phenolic OH excluding ortho intramolecular Hbond substituents is 1. The molecule has 30 heteroatoms. The van der Waals surface area contributed by atoms with Gasteiger partial charge in [-0.25, -0.2) is 0 Å². The number of aliphatic carboxylic acids is 1. The van der Waals surface area contributed by atoms with Crippen LogP contribution in [0.5, 0.6) is 5.75 Å². The van der Waals surface area contributed by atoms with Gasteiger partial charge in [0.05, 0.1) is 47.5 Å². The van der Waals surface area contributed by atoms with E-state index in [2.05, 4.69) is 36.9 Å². The molecule has 28 nitrogen and oxygen atoms in total. The van der Waals surface area contributed by atoms with Crippen LogP contribution in [0.3, 0.4) is 0 Å². The topological polar surface area (TPSA) is 396 Å². The number of phenols is 1. The Hall–Kier alpha value is -7.65. The van der Waals surface area contributed by atoms with Crippen molar-refractivity contribution < 1.29 is 72.4 Å². The number of aromatic hydroxyl groups is 1. The highest BCUT2D eigenvalue weighted by Gasteiger charge is 2.38.